The van der Waals surface area contributed by atoms with Gasteiger partial charge in [0, 0.05) is 17.3 Å². The highest BCUT2D eigenvalue weighted by Crippen LogP contribution is 2.21. The lowest BCUT2D eigenvalue weighted by Crippen LogP contribution is -2.06. The molecule has 0 bridgehead atoms. The first-order chi connectivity index (χ1) is 9.16. The van der Waals surface area contributed by atoms with Gasteiger partial charge in [-0.25, -0.2) is 4.98 Å². The molecule has 4 nitrogen and oxygen atoms in total. The third-order valence-electron chi connectivity index (χ3n) is 3.28. The molecule has 5 heteroatoms. The monoisotopic (exact) mass is 272 g/mol. The molecule has 0 aliphatic carbocycles. The van der Waals surface area contributed by atoms with Crippen LogP contribution in [0.3, 0.4) is 0 Å². The zero-order valence-electron chi connectivity index (χ0n) is 11.3. The molecular formula is C14H16N4S. The molecule has 3 aromatic rings. The Labute approximate surface area is 116 Å². The van der Waals surface area contributed by atoms with Crippen LogP contribution in [0.25, 0.3) is 4.96 Å². The van der Waals surface area contributed by atoms with Crippen molar-refractivity contribution < 1.29 is 0 Å². The lowest BCUT2D eigenvalue weighted by molar-refractivity contribution is 0.961. The van der Waals surface area contributed by atoms with Crippen molar-refractivity contribution in [2.75, 3.05) is 5.32 Å². The minimum absolute atomic E-state index is 0.761. The normalized spacial score (nSPS) is 11.1. The third-order valence-corrected chi connectivity index (χ3v) is 4.23. The summed E-state index contributed by atoms with van der Waals surface area (Å²) in [6.45, 7) is 6.95. The zero-order valence-corrected chi connectivity index (χ0v) is 12.1. The molecule has 0 radical (unpaired) electrons. The van der Waals surface area contributed by atoms with E-state index in [1.807, 2.05) is 19.2 Å². The molecule has 0 unspecified atom stereocenters. The van der Waals surface area contributed by atoms with Crippen LogP contribution in [0.1, 0.15) is 22.8 Å². The highest BCUT2D eigenvalue weighted by Gasteiger charge is 2.12. The molecule has 0 aromatic carbocycles. The van der Waals surface area contributed by atoms with Gasteiger partial charge in [0.15, 0.2) is 4.96 Å². The van der Waals surface area contributed by atoms with E-state index in [0.717, 1.165) is 28.6 Å². The van der Waals surface area contributed by atoms with Gasteiger partial charge in [0.25, 0.3) is 0 Å². The molecule has 0 aliphatic heterocycles. The average Bonchev–Trinajstić information content (AvgIpc) is 2.89. The van der Waals surface area contributed by atoms with Crippen LogP contribution >= 0.6 is 11.3 Å². The second kappa shape index (κ2) is 4.66. The van der Waals surface area contributed by atoms with Gasteiger partial charge in [-0.3, -0.25) is 9.38 Å². The third kappa shape index (κ3) is 2.10. The van der Waals surface area contributed by atoms with Gasteiger partial charge < -0.3 is 5.32 Å². The van der Waals surface area contributed by atoms with Gasteiger partial charge in [0.05, 0.1) is 29.3 Å². The number of hydrogen-bond donors (Lipinski definition) is 1. The summed E-state index contributed by atoms with van der Waals surface area (Å²) in [5.41, 5.74) is 5.63. The highest BCUT2D eigenvalue weighted by atomic mass is 32.1. The number of hydrogen-bond acceptors (Lipinski definition) is 4. The predicted molar refractivity (Wildman–Crippen MR) is 78.8 cm³/mol. The molecule has 3 aromatic heterocycles. The topological polar surface area (TPSA) is 42.2 Å². The molecule has 0 saturated carbocycles. The molecule has 0 spiro atoms. The Morgan fingerprint density at radius 1 is 1.26 bits per heavy atom. The molecule has 0 atom stereocenters. The van der Waals surface area contributed by atoms with Gasteiger partial charge in [-0.15, -0.1) is 11.3 Å². The van der Waals surface area contributed by atoms with Crippen LogP contribution in [0.5, 0.6) is 0 Å². The van der Waals surface area contributed by atoms with Gasteiger partial charge >= 0.3 is 0 Å². The van der Waals surface area contributed by atoms with Gasteiger partial charge in [-0.05, 0) is 32.9 Å². The van der Waals surface area contributed by atoms with E-state index in [9.17, 15) is 0 Å². The van der Waals surface area contributed by atoms with E-state index in [-0.39, 0.29) is 0 Å². The number of rotatable bonds is 3. The average molecular weight is 272 g/mol. The Kier molecular flexibility index (Phi) is 2.98. The van der Waals surface area contributed by atoms with Crippen LogP contribution in [0, 0.1) is 20.8 Å². The lowest BCUT2D eigenvalue weighted by Gasteiger charge is -2.09. The lowest BCUT2D eigenvalue weighted by atomic mass is 10.3. The van der Waals surface area contributed by atoms with E-state index in [2.05, 4.69) is 45.0 Å². The standard InChI is InChI=1S/C14H16N4S/c1-9-8-19-14-17-11(3)13(18(9)14)7-16-12-5-4-6-15-10(12)2/h4-6,8,16H,7H2,1-3H3. The number of imidazole rings is 1. The second-order valence-corrected chi connectivity index (χ2v) is 5.47. The second-order valence-electron chi connectivity index (χ2n) is 4.63. The first kappa shape index (κ1) is 12.2. The van der Waals surface area contributed by atoms with E-state index < -0.39 is 0 Å². The molecule has 3 heterocycles. The van der Waals surface area contributed by atoms with Crippen molar-refractivity contribution >= 4 is 22.0 Å². The van der Waals surface area contributed by atoms with Crippen molar-refractivity contribution in [1.29, 1.82) is 0 Å². The fraction of sp³-hybridized carbons (Fsp3) is 0.286. The Hall–Kier alpha value is -1.88. The van der Waals surface area contributed by atoms with E-state index in [1.54, 1.807) is 11.3 Å². The summed E-state index contributed by atoms with van der Waals surface area (Å²) in [5, 5.41) is 5.59. The Morgan fingerprint density at radius 2 is 2.11 bits per heavy atom. The van der Waals surface area contributed by atoms with Gasteiger partial charge in [0.2, 0.25) is 0 Å². The smallest absolute Gasteiger partial charge is 0.194 e. The summed E-state index contributed by atoms with van der Waals surface area (Å²) in [6.07, 6.45) is 1.81. The van der Waals surface area contributed by atoms with Crippen molar-refractivity contribution in [3.63, 3.8) is 0 Å². The molecule has 0 amide bonds. The summed E-state index contributed by atoms with van der Waals surface area (Å²) in [5.74, 6) is 0. The number of nitrogens with zero attached hydrogens (tertiary/aromatic N) is 3. The van der Waals surface area contributed by atoms with Crippen molar-refractivity contribution in [2.24, 2.45) is 0 Å². The molecule has 3 rings (SSSR count). The summed E-state index contributed by atoms with van der Waals surface area (Å²) < 4.78 is 2.22. The van der Waals surface area contributed by atoms with Crippen LogP contribution in [-0.4, -0.2) is 14.4 Å². The summed E-state index contributed by atoms with van der Waals surface area (Å²) in [6, 6.07) is 4.00. The quantitative estimate of drug-likeness (QED) is 0.795. The summed E-state index contributed by atoms with van der Waals surface area (Å²) in [7, 11) is 0. The maximum absolute atomic E-state index is 4.59. The van der Waals surface area contributed by atoms with Gasteiger partial charge in [-0.2, -0.15) is 0 Å². The van der Waals surface area contributed by atoms with Crippen LogP contribution in [0.2, 0.25) is 0 Å². The molecule has 0 fully saturated rings. The van der Waals surface area contributed by atoms with Crippen LogP contribution in [0.15, 0.2) is 23.7 Å². The van der Waals surface area contributed by atoms with E-state index >= 15 is 0 Å². The van der Waals surface area contributed by atoms with E-state index in [4.69, 9.17) is 0 Å². The van der Waals surface area contributed by atoms with Crippen molar-refractivity contribution in [3.8, 4) is 0 Å². The van der Waals surface area contributed by atoms with Crippen molar-refractivity contribution in [3.05, 3.63) is 46.5 Å². The first-order valence-electron chi connectivity index (χ1n) is 6.24. The zero-order chi connectivity index (χ0) is 13.4. The summed E-state index contributed by atoms with van der Waals surface area (Å²) >= 11 is 1.69. The Bertz CT molecular complexity index is 726. The number of thiazole rings is 1. The number of nitrogens with one attached hydrogen (secondary N) is 1. The van der Waals surface area contributed by atoms with Gasteiger partial charge in [-0.1, -0.05) is 0 Å². The van der Waals surface area contributed by atoms with Crippen LogP contribution in [-0.2, 0) is 6.54 Å². The largest absolute Gasteiger partial charge is 0.378 e. The highest BCUT2D eigenvalue weighted by molar-refractivity contribution is 7.15. The molecule has 0 aliphatic rings. The maximum Gasteiger partial charge on any atom is 0.194 e. The van der Waals surface area contributed by atoms with Crippen molar-refractivity contribution in [2.45, 2.75) is 27.3 Å². The fourth-order valence-corrected chi connectivity index (χ4v) is 3.16. The number of aromatic nitrogens is 3. The molecule has 1 N–H and O–H groups in total. The minimum atomic E-state index is 0.761. The number of aryl methyl sites for hydroxylation is 3. The first-order valence-corrected chi connectivity index (χ1v) is 7.12. The number of pyridine rings is 1. The van der Waals surface area contributed by atoms with Crippen LogP contribution in [0.4, 0.5) is 5.69 Å². The summed E-state index contributed by atoms with van der Waals surface area (Å²) in [4.78, 5) is 9.95. The van der Waals surface area contributed by atoms with E-state index in [0.29, 0.717) is 0 Å². The molecule has 19 heavy (non-hydrogen) atoms. The number of anilines is 1. The van der Waals surface area contributed by atoms with Crippen molar-refractivity contribution in [1.82, 2.24) is 14.4 Å². The number of fused-ring (bicyclic) bond motifs is 1. The molecule has 0 saturated heterocycles. The van der Waals surface area contributed by atoms with Gasteiger partial charge in [0.1, 0.15) is 0 Å². The Balaban J connectivity index is 1.92. The molecular weight excluding hydrogens is 256 g/mol. The fourth-order valence-electron chi connectivity index (χ4n) is 2.23. The Morgan fingerprint density at radius 3 is 2.89 bits per heavy atom. The van der Waals surface area contributed by atoms with Crippen LogP contribution < -0.4 is 5.32 Å². The minimum Gasteiger partial charge on any atom is -0.378 e. The van der Waals surface area contributed by atoms with E-state index in [1.165, 1.54) is 11.4 Å². The predicted octanol–water partition coefficient (Wildman–Crippen LogP) is 3.33. The maximum atomic E-state index is 4.59. The molecule has 98 valence electrons. The SMILES string of the molecule is Cc1ncccc1NCc1c(C)nc2scc(C)n12.